The second kappa shape index (κ2) is 8.55. The molecule has 1 N–H and O–H groups in total. The van der Waals surface area contributed by atoms with Crippen LogP contribution in [0.4, 0.5) is 0 Å². The molecule has 0 amide bonds. The van der Waals surface area contributed by atoms with Crippen LogP contribution in [0.3, 0.4) is 0 Å². The maximum atomic E-state index is 9.39. The van der Waals surface area contributed by atoms with Crippen LogP contribution in [0, 0.1) is 17.2 Å². The molecule has 1 rings (SSSR count). The van der Waals surface area contributed by atoms with E-state index in [0.29, 0.717) is 0 Å². The molecule has 1 aliphatic heterocycles. The van der Waals surface area contributed by atoms with E-state index in [1.807, 2.05) is 0 Å². The minimum absolute atomic E-state index is 0.295. The number of hydrogen-bond donors (Lipinski definition) is 1. The first-order valence-electron chi connectivity index (χ1n) is 8.08. The SMILES string of the molecule is CCNC(C#N)(CC)CCCN1CCC(CC)CC1. The molecule has 0 spiro atoms. The molecule has 3 heteroatoms. The minimum Gasteiger partial charge on any atom is -0.303 e. The van der Waals surface area contributed by atoms with Crippen molar-refractivity contribution in [3.8, 4) is 6.07 Å². The molecule has 0 bridgehead atoms. The largest absolute Gasteiger partial charge is 0.303 e. The molecule has 1 atom stereocenters. The van der Waals surface area contributed by atoms with Crippen LogP contribution in [0.25, 0.3) is 0 Å². The highest BCUT2D eigenvalue weighted by Crippen LogP contribution is 2.21. The summed E-state index contributed by atoms with van der Waals surface area (Å²) in [6.45, 7) is 11.0. The third kappa shape index (κ3) is 5.12. The first kappa shape index (κ1) is 16.5. The first-order valence-corrected chi connectivity index (χ1v) is 8.08. The monoisotopic (exact) mass is 265 g/mol. The lowest BCUT2D eigenvalue weighted by atomic mass is 9.91. The van der Waals surface area contributed by atoms with Crippen molar-refractivity contribution in [3.05, 3.63) is 0 Å². The van der Waals surface area contributed by atoms with Crippen molar-refractivity contribution >= 4 is 0 Å². The highest BCUT2D eigenvalue weighted by molar-refractivity contribution is 5.06. The molecular weight excluding hydrogens is 234 g/mol. The van der Waals surface area contributed by atoms with Crippen molar-refractivity contribution in [2.75, 3.05) is 26.2 Å². The van der Waals surface area contributed by atoms with Gasteiger partial charge in [-0.3, -0.25) is 5.32 Å². The summed E-state index contributed by atoms with van der Waals surface area (Å²) in [5.74, 6) is 0.951. The van der Waals surface area contributed by atoms with E-state index in [4.69, 9.17) is 0 Å². The van der Waals surface area contributed by atoms with Crippen molar-refractivity contribution in [1.82, 2.24) is 10.2 Å². The molecular formula is C16H31N3. The van der Waals surface area contributed by atoms with E-state index in [9.17, 15) is 5.26 Å². The number of nitrogens with one attached hydrogen (secondary N) is 1. The van der Waals surface area contributed by atoms with E-state index in [-0.39, 0.29) is 5.54 Å². The Morgan fingerprint density at radius 3 is 2.42 bits per heavy atom. The van der Waals surface area contributed by atoms with Crippen molar-refractivity contribution in [2.45, 2.75) is 64.8 Å². The average molecular weight is 265 g/mol. The smallest absolute Gasteiger partial charge is 0.106 e. The molecule has 0 aromatic carbocycles. The van der Waals surface area contributed by atoms with Crippen LogP contribution in [-0.2, 0) is 0 Å². The van der Waals surface area contributed by atoms with Gasteiger partial charge in [0.05, 0.1) is 6.07 Å². The van der Waals surface area contributed by atoms with E-state index in [0.717, 1.165) is 38.3 Å². The number of nitriles is 1. The van der Waals surface area contributed by atoms with E-state index < -0.39 is 0 Å². The second-order valence-corrected chi connectivity index (χ2v) is 5.87. The Morgan fingerprint density at radius 2 is 1.95 bits per heavy atom. The van der Waals surface area contributed by atoms with Gasteiger partial charge < -0.3 is 4.90 Å². The van der Waals surface area contributed by atoms with E-state index >= 15 is 0 Å². The zero-order valence-electron chi connectivity index (χ0n) is 13.0. The maximum Gasteiger partial charge on any atom is 0.106 e. The summed E-state index contributed by atoms with van der Waals surface area (Å²) < 4.78 is 0. The van der Waals surface area contributed by atoms with Crippen molar-refractivity contribution in [2.24, 2.45) is 5.92 Å². The van der Waals surface area contributed by atoms with Gasteiger partial charge in [0.2, 0.25) is 0 Å². The van der Waals surface area contributed by atoms with Gasteiger partial charge in [-0.2, -0.15) is 5.26 Å². The first-order chi connectivity index (χ1) is 9.19. The zero-order chi connectivity index (χ0) is 14.1. The molecule has 0 aromatic heterocycles. The van der Waals surface area contributed by atoms with Crippen LogP contribution in [0.1, 0.15) is 59.3 Å². The van der Waals surface area contributed by atoms with Crippen LogP contribution in [0.5, 0.6) is 0 Å². The van der Waals surface area contributed by atoms with Crippen LogP contribution in [-0.4, -0.2) is 36.6 Å². The molecule has 0 aliphatic carbocycles. The highest BCUT2D eigenvalue weighted by Gasteiger charge is 2.26. The lowest BCUT2D eigenvalue weighted by Gasteiger charge is -2.32. The van der Waals surface area contributed by atoms with Crippen molar-refractivity contribution in [1.29, 1.82) is 5.26 Å². The average Bonchev–Trinajstić information content (AvgIpc) is 2.47. The predicted octanol–water partition coefficient (Wildman–Crippen LogP) is 3.17. The summed E-state index contributed by atoms with van der Waals surface area (Å²) in [4.78, 5) is 2.58. The minimum atomic E-state index is -0.295. The topological polar surface area (TPSA) is 39.1 Å². The molecule has 1 heterocycles. The van der Waals surface area contributed by atoms with Gasteiger partial charge in [-0.25, -0.2) is 0 Å². The van der Waals surface area contributed by atoms with Gasteiger partial charge in [-0.05, 0) is 64.2 Å². The van der Waals surface area contributed by atoms with Gasteiger partial charge in [0, 0.05) is 0 Å². The summed E-state index contributed by atoms with van der Waals surface area (Å²) in [6, 6.07) is 2.49. The summed E-state index contributed by atoms with van der Waals surface area (Å²) in [7, 11) is 0. The fourth-order valence-electron chi connectivity index (χ4n) is 3.13. The molecule has 1 fully saturated rings. The van der Waals surface area contributed by atoms with Crippen molar-refractivity contribution < 1.29 is 0 Å². The Kier molecular flexibility index (Phi) is 7.41. The number of nitrogens with zero attached hydrogens (tertiary/aromatic N) is 2. The molecule has 0 saturated carbocycles. The van der Waals surface area contributed by atoms with Gasteiger partial charge in [0.25, 0.3) is 0 Å². The molecule has 1 saturated heterocycles. The zero-order valence-corrected chi connectivity index (χ0v) is 13.0. The Morgan fingerprint density at radius 1 is 1.26 bits per heavy atom. The summed E-state index contributed by atoms with van der Waals surface area (Å²) in [5, 5.41) is 12.8. The highest BCUT2D eigenvalue weighted by atomic mass is 15.1. The molecule has 1 unspecified atom stereocenters. The summed E-state index contributed by atoms with van der Waals surface area (Å²) in [5.41, 5.74) is -0.295. The standard InChI is InChI=1S/C16H31N3/c1-4-15-8-12-19(13-9-15)11-7-10-16(5-2,14-17)18-6-3/h15,18H,4-13H2,1-3H3. The molecule has 0 radical (unpaired) electrons. The van der Waals surface area contributed by atoms with Gasteiger partial charge in [-0.15, -0.1) is 0 Å². The third-order valence-corrected chi connectivity index (χ3v) is 4.70. The van der Waals surface area contributed by atoms with Gasteiger partial charge in [0.1, 0.15) is 5.54 Å². The summed E-state index contributed by atoms with van der Waals surface area (Å²) in [6.07, 6.45) is 7.06. The number of piperidine rings is 1. The van der Waals surface area contributed by atoms with Gasteiger partial charge in [0.15, 0.2) is 0 Å². The van der Waals surface area contributed by atoms with Crippen LogP contribution < -0.4 is 5.32 Å². The normalized spacial score (nSPS) is 20.9. The maximum absolute atomic E-state index is 9.39. The Bertz CT molecular complexity index is 276. The van der Waals surface area contributed by atoms with Crippen molar-refractivity contribution in [3.63, 3.8) is 0 Å². The van der Waals surface area contributed by atoms with Crippen LogP contribution >= 0.6 is 0 Å². The predicted molar refractivity (Wildman–Crippen MR) is 81.0 cm³/mol. The fraction of sp³-hybridized carbons (Fsp3) is 0.938. The number of hydrogen-bond acceptors (Lipinski definition) is 3. The molecule has 19 heavy (non-hydrogen) atoms. The van der Waals surface area contributed by atoms with Gasteiger partial charge >= 0.3 is 0 Å². The molecule has 1 aliphatic rings. The number of rotatable bonds is 8. The van der Waals surface area contributed by atoms with E-state index in [1.165, 1.54) is 32.4 Å². The molecule has 0 aromatic rings. The summed E-state index contributed by atoms with van der Waals surface area (Å²) >= 11 is 0. The van der Waals surface area contributed by atoms with Crippen LogP contribution in [0.2, 0.25) is 0 Å². The molecule has 110 valence electrons. The Balaban J connectivity index is 2.27. The second-order valence-electron chi connectivity index (χ2n) is 5.87. The van der Waals surface area contributed by atoms with E-state index in [1.54, 1.807) is 0 Å². The lowest BCUT2D eigenvalue weighted by molar-refractivity contribution is 0.174. The fourth-order valence-corrected chi connectivity index (χ4v) is 3.13. The Hall–Kier alpha value is -0.590. The lowest BCUT2D eigenvalue weighted by Crippen LogP contribution is -2.44. The third-order valence-electron chi connectivity index (χ3n) is 4.70. The molecule has 3 nitrogen and oxygen atoms in total. The van der Waals surface area contributed by atoms with E-state index in [2.05, 4.69) is 37.1 Å². The number of likely N-dealkylation sites (tertiary alicyclic amines) is 1. The van der Waals surface area contributed by atoms with Crippen LogP contribution in [0.15, 0.2) is 0 Å². The quantitative estimate of drug-likeness (QED) is 0.732. The Labute approximate surface area is 119 Å². The van der Waals surface area contributed by atoms with Gasteiger partial charge in [-0.1, -0.05) is 27.2 Å².